The van der Waals surface area contributed by atoms with Crippen LogP contribution >= 0.6 is 15.9 Å². The topological polar surface area (TPSA) is 16.1 Å². The lowest BCUT2D eigenvalue weighted by atomic mass is 10.4. The lowest BCUT2D eigenvalue weighted by molar-refractivity contribution is 0.553. The Morgan fingerprint density at radius 3 is 2.50 bits per heavy atom. The Bertz CT molecular complexity index is 302. The Kier molecular flexibility index (Phi) is 2.62. The molecule has 0 N–H and O–H groups in total. The predicted molar refractivity (Wildman–Crippen MR) is 46.2 cm³/mol. The van der Waals surface area contributed by atoms with Gasteiger partial charge in [0, 0.05) is 14.1 Å². The molecule has 1 rings (SSSR count). The van der Waals surface area contributed by atoms with E-state index in [0.29, 0.717) is 0 Å². The fraction of sp³-hybridized carbons (Fsp3) is 0.286. The molecule has 1 aromatic rings. The Morgan fingerprint density at radius 1 is 1.42 bits per heavy atom. The van der Waals surface area contributed by atoms with Crippen LogP contribution in [0.2, 0.25) is 0 Å². The molecule has 0 atom stereocenters. The van der Waals surface area contributed by atoms with Crippen molar-refractivity contribution < 1.29 is 8.78 Å². The summed E-state index contributed by atoms with van der Waals surface area (Å²) in [5.41, 5.74) is 0. The highest BCUT2D eigenvalue weighted by Crippen LogP contribution is 2.20. The van der Waals surface area contributed by atoms with Gasteiger partial charge in [0.25, 0.3) is 0 Å². The molecule has 0 aliphatic heterocycles. The predicted octanol–water partition coefficient (Wildman–Crippen LogP) is 2.19. The van der Waals surface area contributed by atoms with E-state index in [9.17, 15) is 8.78 Å². The minimum atomic E-state index is -0.708. The standard InChI is InChI=1S/C7H7BrF2N2/c1-12(2)7-5(9)3-4(8)6(10)11-7/h3H,1-2H3. The van der Waals surface area contributed by atoms with E-state index >= 15 is 0 Å². The van der Waals surface area contributed by atoms with E-state index in [-0.39, 0.29) is 10.3 Å². The van der Waals surface area contributed by atoms with E-state index in [1.165, 1.54) is 4.90 Å². The van der Waals surface area contributed by atoms with Crippen LogP contribution < -0.4 is 4.90 Å². The van der Waals surface area contributed by atoms with Gasteiger partial charge < -0.3 is 4.90 Å². The summed E-state index contributed by atoms with van der Waals surface area (Å²) in [5.74, 6) is -1.26. The molecule has 0 aliphatic rings. The van der Waals surface area contributed by atoms with Gasteiger partial charge in [-0.1, -0.05) is 0 Å². The zero-order valence-electron chi connectivity index (χ0n) is 6.61. The number of anilines is 1. The van der Waals surface area contributed by atoms with Crippen molar-refractivity contribution in [1.29, 1.82) is 0 Å². The fourth-order valence-corrected chi connectivity index (χ4v) is 1.04. The Hall–Kier alpha value is -0.710. The van der Waals surface area contributed by atoms with Crippen molar-refractivity contribution in [3.8, 4) is 0 Å². The highest BCUT2D eigenvalue weighted by Gasteiger charge is 2.10. The van der Waals surface area contributed by atoms with Crippen molar-refractivity contribution in [3.63, 3.8) is 0 Å². The van der Waals surface area contributed by atoms with Gasteiger partial charge in [-0.05, 0) is 22.0 Å². The highest BCUT2D eigenvalue weighted by atomic mass is 79.9. The van der Waals surface area contributed by atoms with Crippen LogP contribution in [0, 0.1) is 11.8 Å². The molecule has 0 radical (unpaired) electrons. The lowest BCUT2D eigenvalue weighted by Crippen LogP contribution is -2.13. The minimum absolute atomic E-state index is 0.00398. The number of nitrogens with zero attached hydrogens (tertiary/aromatic N) is 2. The summed E-state index contributed by atoms with van der Waals surface area (Å²) in [4.78, 5) is 4.82. The molecule has 2 nitrogen and oxygen atoms in total. The van der Waals surface area contributed by atoms with Gasteiger partial charge in [0.2, 0.25) is 5.95 Å². The largest absolute Gasteiger partial charge is 0.360 e. The summed E-state index contributed by atoms with van der Waals surface area (Å²) in [7, 11) is 3.19. The van der Waals surface area contributed by atoms with Crippen molar-refractivity contribution in [2.24, 2.45) is 0 Å². The Morgan fingerprint density at radius 2 is 2.00 bits per heavy atom. The maximum Gasteiger partial charge on any atom is 0.229 e. The second kappa shape index (κ2) is 3.35. The molecule has 12 heavy (non-hydrogen) atoms. The maximum atomic E-state index is 13.0. The van der Waals surface area contributed by atoms with Crippen molar-refractivity contribution >= 4 is 21.7 Å². The summed E-state index contributed by atoms with van der Waals surface area (Å²) >= 11 is 2.83. The van der Waals surface area contributed by atoms with E-state index in [2.05, 4.69) is 20.9 Å². The number of hydrogen-bond donors (Lipinski definition) is 0. The molecule has 0 amide bonds. The van der Waals surface area contributed by atoms with E-state index in [1.54, 1.807) is 14.1 Å². The third-order valence-electron chi connectivity index (χ3n) is 1.29. The average molecular weight is 237 g/mol. The van der Waals surface area contributed by atoms with Gasteiger partial charge in [-0.25, -0.2) is 4.39 Å². The Balaban J connectivity index is 3.23. The molecular formula is C7H7BrF2N2. The normalized spacial score (nSPS) is 10.1. The van der Waals surface area contributed by atoms with Crippen molar-refractivity contribution in [2.75, 3.05) is 19.0 Å². The molecule has 0 spiro atoms. The number of aromatic nitrogens is 1. The van der Waals surface area contributed by atoms with Gasteiger partial charge in [0.15, 0.2) is 11.6 Å². The van der Waals surface area contributed by atoms with Crippen LogP contribution in [0.15, 0.2) is 10.5 Å². The average Bonchev–Trinajstić information content (AvgIpc) is 1.96. The summed E-state index contributed by atoms with van der Waals surface area (Å²) < 4.78 is 25.8. The molecule has 0 bridgehead atoms. The maximum absolute atomic E-state index is 13.0. The molecule has 5 heteroatoms. The van der Waals surface area contributed by atoms with Crippen LogP contribution in [-0.2, 0) is 0 Å². The van der Waals surface area contributed by atoms with Gasteiger partial charge in [0.1, 0.15) is 0 Å². The van der Waals surface area contributed by atoms with Gasteiger partial charge in [-0.2, -0.15) is 9.37 Å². The van der Waals surface area contributed by atoms with Gasteiger partial charge in [-0.15, -0.1) is 0 Å². The molecule has 1 heterocycles. The molecule has 1 aromatic heterocycles. The molecule has 0 saturated heterocycles. The first-order valence-electron chi connectivity index (χ1n) is 3.21. The van der Waals surface area contributed by atoms with E-state index in [4.69, 9.17) is 0 Å². The SMILES string of the molecule is CN(C)c1nc(F)c(Br)cc1F. The summed E-state index contributed by atoms with van der Waals surface area (Å²) in [6.45, 7) is 0. The fourth-order valence-electron chi connectivity index (χ4n) is 0.749. The molecule has 0 fully saturated rings. The molecular weight excluding hydrogens is 230 g/mol. The zero-order valence-corrected chi connectivity index (χ0v) is 8.19. The highest BCUT2D eigenvalue weighted by molar-refractivity contribution is 9.10. The van der Waals surface area contributed by atoms with Crippen molar-refractivity contribution in [3.05, 3.63) is 22.3 Å². The van der Waals surface area contributed by atoms with Crippen molar-refractivity contribution in [1.82, 2.24) is 4.98 Å². The van der Waals surface area contributed by atoms with Crippen LogP contribution in [0.25, 0.3) is 0 Å². The van der Waals surface area contributed by atoms with Crippen LogP contribution in [0.4, 0.5) is 14.6 Å². The van der Waals surface area contributed by atoms with Crippen LogP contribution in [0.5, 0.6) is 0 Å². The van der Waals surface area contributed by atoms with E-state index in [1.807, 2.05) is 0 Å². The zero-order chi connectivity index (χ0) is 9.30. The lowest BCUT2D eigenvalue weighted by Gasteiger charge is -2.11. The molecule has 0 aliphatic carbocycles. The summed E-state index contributed by atoms with van der Waals surface area (Å²) in [5, 5.41) is 0. The first-order chi connectivity index (χ1) is 5.52. The van der Waals surface area contributed by atoms with Gasteiger partial charge in [-0.3, -0.25) is 0 Å². The number of halogens is 3. The minimum Gasteiger partial charge on any atom is -0.360 e. The van der Waals surface area contributed by atoms with Crippen LogP contribution in [0.1, 0.15) is 0 Å². The first kappa shape index (κ1) is 9.38. The van der Waals surface area contributed by atoms with Gasteiger partial charge in [0.05, 0.1) is 4.47 Å². The van der Waals surface area contributed by atoms with E-state index in [0.717, 1.165) is 6.07 Å². The summed E-state index contributed by atoms with van der Waals surface area (Å²) in [6, 6.07) is 1.05. The van der Waals surface area contributed by atoms with Crippen molar-refractivity contribution in [2.45, 2.75) is 0 Å². The summed E-state index contributed by atoms with van der Waals surface area (Å²) in [6.07, 6.45) is 0. The quantitative estimate of drug-likeness (QED) is 0.696. The van der Waals surface area contributed by atoms with Gasteiger partial charge >= 0.3 is 0 Å². The third kappa shape index (κ3) is 1.72. The second-order valence-corrected chi connectivity index (χ2v) is 3.32. The third-order valence-corrected chi connectivity index (χ3v) is 1.85. The van der Waals surface area contributed by atoms with E-state index < -0.39 is 11.8 Å². The molecule has 0 aromatic carbocycles. The number of hydrogen-bond acceptors (Lipinski definition) is 2. The molecule has 0 unspecified atom stereocenters. The smallest absolute Gasteiger partial charge is 0.229 e. The molecule has 0 saturated carbocycles. The van der Waals surface area contributed by atoms with Crippen LogP contribution in [0.3, 0.4) is 0 Å². The Labute approximate surface area is 77.3 Å². The first-order valence-corrected chi connectivity index (χ1v) is 4.00. The number of pyridine rings is 1. The number of rotatable bonds is 1. The van der Waals surface area contributed by atoms with Crippen LogP contribution in [-0.4, -0.2) is 19.1 Å². The monoisotopic (exact) mass is 236 g/mol. The molecule has 66 valence electrons. The second-order valence-electron chi connectivity index (χ2n) is 2.46.